The van der Waals surface area contributed by atoms with E-state index in [1.807, 2.05) is 20.8 Å². The molecule has 26 heavy (non-hydrogen) atoms. The second-order valence-electron chi connectivity index (χ2n) is 6.25. The minimum atomic E-state index is -2.54. The number of rotatable bonds is 12. The SMILES string of the molecule is CCO[Si](CCC[SiH](c1ccccc1)c1ccccc1)(OCC)OCC. The van der Waals surface area contributed by atoms with Gasteiger partial charge in [0, 0.05) is 25.9 Å². The summed E-state index contributed by atoms with van der Waals surface area (Å²) in [4.78, 5) is 0. The van der Waals surface area contributed by atoms with Crippen LogP contribution < -0.4 is 10.4 Å². The molecule has 2 aromatic carbocycles. The van der Waals surface area contributed by atoms with E-state index in [2.05, 4.69) is 60.7 Å². The van der Waals surface area contributed by atoms with Crippen LogP contribution in [-0.4, -0.2) is 37.4 Å². The van der Waals surface area contributed by atoms with Gasteiger partial charge in [0.2, 0.25) is 0 Å². The highest BCUT2D eigenvalue weighted by Crippen LogP contribution is 2.20. The Morgan fingerprint density at radius 3 is 1.50 bits per heavy atom. The van der Waals surface area contributed by atoms with Crippen molar-refractivity contribution in [2.75, 3.05) is 19.8 Å². The fourth-order valence-electron chi connectivity index (χ4n) is 3.42. The van der Waals surface area contributed by atoms with E-state index < -0.39 is 17.6 Å². The first kappa shape index (κ1) is 21.1. The van der Waals surface area contributed by atoms with E-state index in [0.29, 0.717) is 19.8 Å². The van der Waals surface area contributed by atoms with Crippen LogP contribution in [0.3, 0.4) is 0 Å². The second-order valence-corrected chi connectivity index (χ2v) is 12.0. The standard InChI is InChI=1S/C21H32O3Si2/c1-4-22-26(23-5-2,24-6-3)19-13-18-25(20-14-9-7-10-15-20)21-16-11-8-12-17-21/h7-12,14-17,25H,4-6,13,18-19H2,1-3H3. The van der Waals surface area contributed by atoms with Crippen molar-refractivity contribution in [3.05, 3.63) is 60.7 Å². The Labute approximate surface area is 161 Å². The van der Waals surface area contributed by atoms with Gasteiger partial charge in [-0.25, -0.2) is 0 Å². The third-order valence-electron chi connectivity index (χ3n) is 4.47. The summed E-state index contributed by atoms with van der Waals surface area (Å²) in [5.41, 5.74) is 0. The van der Waals surface area contributed by atoms with Crippen LogP contribution in [0.4, 0.5) is 0 Å². The molecule has 0 spiro atoms. The molecule has 0 unspecified atom stereocenters. The Bertz CT molecular complexity index is 551. The van der Waals surface area contributed by atoms with Gasteiger partial charge in [-0.3, -0.25) is 0 Å². The molecule has 0 N–H and O–H groups in total. The van der Waals surface area contributed by atoms with Crippen LogP contribution in [0.5, 0.6) is 0 Å². The first-order chi connectivity index (χ1) is 12.7. The van der Waals surface area contributed by atoms with E-state index in [4.69, 9.17) is 13.3 Å². The molecule has 0 amide bonds. The molecule has 0 radical (unpaired) electrons. The summed E-state index contributed by atoms with van der Waals surface area (Å²) >= 11 is 0. The number of hydrogen-bond donors (Lipinski definition) is 0. The van der Waals surface area contributed by atoms with Crippen LogP contribution in [0.2, 0.25) is 12.1 Å². The molecule has 0 aromatic heterocycles. The van der Waals surface area contributed by atoms with Crippen molar-refractivity contribution in [3.8, 4) is 0 Å². The Kier molecular flexibility index (Phi) is 9.28. The van der Waals surface area contributed by atoms with Crippen molar-refractivity contribution in [2.24, 2.45) is 0 Å². The summed E-state index contributed by atoms with van der Waals surface area (Å²) in [6.07, 6.45) is 1.08. The molecule has 0 heterocycles. The molecule has 0 aliphatic carbocycles. The van der Waals surface area contributed by atoms with E-state index in [0.717, 1.165) is 12.5 Å². The fraction of sp³-hybridized carbons (Fsp3) is 0.429. The second kappa shape index (κ2) is 11.5. The zero-order valence-electron chi connectivity index (χ0n) is 16.3. The largest absolute Gasteiger partial charge is 0.500 e. The van der Waals surface area contributed by atoms with Gasteiger partial charge in [-0.1, -0.05) is 83.5 Å². The molecule has 0 aliphatic rings. The Balaban J connectivity index is 2.11. The first-order valence-electron chi connectivity index (χ1n) is 9.76. The number of benzene rings is 2. The summed E-state index contributed by atoms with van der Waals surface area (Å²) in [5, 5.41) is 2.99. The van der Waals surface area contributed by atoms with Gasteiger partial charge in [-0.15, -0.1) is 0 Å². The lowest BCUT2D eigenvalue weighted by atomic mass is 10.4. The maximum Gasteiger partial charge on any atom is 0.500 e. The predicted octanol–water partition coefficient (Wildman–Crippen LogP) is 3.47. The molecular formula is C21H32O3Si2. The van der Waals surface area contributed by atoms with E-state index >= 15 is 0 Å². The normalized spacial score (nSPS) is 11.8. The minimum Gasteiger partial charge on any atom is -0.374 e. The van der Waals surface area contributed by atoms with Crippen LogP contribution in [0.15, 0.2) is 60.7 Å². The number of hydrogen-bond acceptors (Lipinski definition) is 3. The van der Waals surface area contributed by atoms with Crippen molar-refractivity contribution in [3.63, 3.8) is 0 Å². The monoisotopic (exact) mass is 388 g/mol. The molecule has 142 valence electrons. The molecule has 0 aliphatic heterocycles. The molecule has 2 rings (SSSR count). The fourth-order valence-corrected chi connectivity index (χ4v) is 9.51. The average Bonchev–Trinajstić information content (AvgIpc) is 2.67. The Hall–Kier alpha value is -1.25. The van der Waals surface area contributed by atoms with Gasteiger partial charge >= 0.3 is 8.80 Å². The van der Waals surface area contributed by atoms with Gasteiger partial charge in [0.15, 0.2) is 0 Å². The summed E-state index contributed by atoms with van der Waals surface area (Å²) in [6, 6.07) is 24.0. The Morgan fingerprint density at radius 1 is 0.692 bits per heavy atom. The smallest absolute Gasteiger partial charge is 0.374 e. The lowest BCUT2D eigenvalue weighted by Crippen LogP contribution is -2.47. The molecule has 2 aromatic rings. The molecule has 5 heteroatoms. The maximum atomic E-state index is 6.01. The van der Waals surface area contributed by atoms with Gasteiger partial charge in [0.05, 0.1) is 0 Å². The van der Waals surface area contributed by atoms with Gasteiger partial charge in [0.25, 0.3) is 0 Å². The van der Waals surface area contributed by atoms with Crippen LogP contribution in [0.25, 0.3) is 0 Å². The topological polar surface area (TPSA) is 27.7 Å². The third-order valence-corrected chi connectivity index (χ3v) is 11.0. The highest BCUT2D eigenvalue weighted by Gasteiger charge is 2.39. The molecular weight excluding hydrogens is 356 g/mol. The van der Waals surface area contributed by atoms with E-state index in [9.17, 15) is 0 Å². The van der Waals surface area contributed by atoms with Crippen LogP contribution in [0, 0.1) is 0 Å². The highest BCUT2D eigenvalue weighted by atomic mass is 28.4. The van der Waals surface area contributed by atoms with E-state index in [-0.39, 0.29) is 0 Å². The quantitative estimate of drug-likeness (QED) is 0.521. The minimum absolute atomic E-state index is 0.643. The van der Waals surface area contributed by atoms with E-state index in [1.54, 1.807) is 0 Å². The predicted molar refractivity (Wildman–Crippen MR) is 114 cm³/mol. The maximum absolute atomic E-state index is 6.01. The van der Waals surface area contributed by atoms with Gasteiger partial charge < -0.3 is 13.3 Å². The van der Waals surface area contributed by atoms with Crippen molar-refractivity contribution in [1.82, 2.24) is 0 Å². The summed E-state index contributed by atoms with van der Waals surface area (Å²) in [6.45, 7) is 7.99. The zero-order valence-corrected chi connectivity index (χ0v) is 18.5. The van der Waals surface area contributed by atoms with Crippen LogP contribution in [-0.2, 0) is 13.3 Å². The molecule has 0 bridgehead atoms. The third kappa shape index (κ3) is 6.18. The van der Waals surface area contributed by atoms with Crippen molar-refractivity contribution in [1.29, 1.82) is 0 Å². The molecule has 0 atom stereocenters. The Morgan fingerprint density at radius 2 is 1.12 bits per heavy atom. The summed E-state index contributed by atoms with van der Waals surface area (Å²) < 4.78 is 18.0. The van der Waals surface area contributed by atoms with Gasteiger partial charge in [-0.2, -0.15) is 0 Å². The van der Waals surface area contributed by atoms with Crippen molar-refractivity contribution >= 4 is 28.0 Å². The van der Waals surface area contributed by atoms with Crippen molar-refractivity contribution < 1.29 is 13.3 Å². The summed E-state index contributed by atoms with van der Waals surface area (Å²) in [5.74, 6) is 0. The highest BCUT2D eigenvalue weighted by molar-refractivity contribution is 6.85. The van der Waals surface area contributed by atoms with Gasteiger partial charge in [-0.05, 0) is 20.8 Å². The first-order valence-corrected chi connectivity index (χ1v) is 13.7. The zero-order chi connectivity index (χ0) is 18.7. The van der Waals surface area contributed by atoms with Crippen LogP contribution in [0.1, 0.15) is 27.2 Å². The summed E-state index contributed by atoms with van der Waals surface area (Å²) in [7, 11) is -3.79. The molecule has 3 nitrogen and oxygen atoms in total. The van der Waals surface area contributed by atoms with Crippen molar-refractivity contribution in [2.45, 2.75) is 39.3 Å². The average molecular weight is 389 g/mol. The van der Waals surface area contributed by atoms with Gasteiger partial charge in [0.1, 0.15) is 8.80 Å². The van der Waals surface area contributed by atoms with E-state index in [1.165, 1.54) is 16.4 Å². The lowest BCUT2D eigenvalue weighted by Gasteiger charge is -2.29. The lowest BCUT2D eigenvalue weighted by molar-refractivity contribution is 0.0711. The molecule has 0 fully saturated rings. The molecule has 0 saturated heterocycles. The van der Waals surface area contributed by atoms with Crippen LogP contribution >= 0.6 is 0 Å². The molecule has 0 saturated carbocycles.